The van der Waals surface area contributed by atoms with E-state index in [2.05, 4.69) is 42.7 Å². The monoisotopic (exact) mass is 322 g/mol. The van der Waals surface area contributed by atoms with Crippen LogP contribution in [-0.2, 0) is 0 Å². The predicted molar refractivity (Wildman–Crippen MR) is 102 cm³/mol. The van der Waals surface area contributed by atoms with E-state index in [1.54, 1.807) is 0 Å². The van der Waals surface area contributed by atoms with E-state index in [9.17, 15) is 0 Å². The zero-order valence-corrected chi connectivity index (χ0v) is 14.1. The Hall–Kier alpha value is -3.42. The summed E-state index contributed by atoms with van der Waals surface area (Å²) in [6.45, 7) is 2.39. The normalized spacial score (nSPS) is 9.32. The first kappa shape index (κ1) is 16.4. The second-order valence-corrected chi connectivity index (χ2v) is 5.57. The molecule has 120 valence electrons. The number of hydrogen-bond acceptors (Lipinski definition) is 1. The molecule has 0 spiro atoms. The highest BCUT2D eigenvalue weighted by molar-refractivity contribution is 5.49. The molecule has 1 nitrogen and oxygen atoms in total. The molecule has 0 aliphatic heterocycles. The van der Waals surface area contributed by atoms with Crippen LogP contribution in [0.4, 0.5) is 0 Å². The Morgan fingerprint density at radius 2 is 1.36 bits per heavy atom. The number of aryl methyl sites for hydroxylation is 1. The summed E-state index contributed by atoms with van der Waals surface area (Å²) in [6.07, 6.45) is 0. The van der Waals surface area contributed by atoms with Crippen molar-refractivity contribution in [3.8, 4) is 29.4 Å². The van der Waals surface area contributed by atoms with Crippen molar-refractivity contribution in [1.29, 1.82) is 0 Å². The molecule has 0 saturated heterocycles. The van der Waals surface area contributed by atoms with Crippen LogP contribution in [0.15, 0.2) is 78.9 Å². The van der Waals surface area contributed by atoms with Crippen molar-refractivity contribution in [2.24, 2.45) is 0 Å². The summed E-state index contributed by atoms with van der Waals surface area (Å²) in [5.41, 5.74) is 4.07. The molecule has 0 atom stereocenters. The average molecular weight is 322 g/mol. The fraction of sp³-hybridized carbons (Fsp3) is 0.0833. The van der Waals surface area contributed by atoms with Gasteiger partial charge in [0, 0.05) is 11.1 Å². The lowest BCUT2D eigenvalue weighted by molar-refractivity contribution is 0.369. The second kappa shape index (κ2) is 8.44. The SMILES string of the molecule is Cc1ccc(C#CCOc2ccccc2C#Cc2ccccc2)cc1. The van der Waals surface area contributed by atoms with E-state index < -0.39 is 0 Å². The molecule has 0 radical (unpaired) electrons. The summed E-state index contributed by atoms with van der Waals surface area (Å²) in [6, 6.07) is 25.8. The Morgan fingerprint density at radius 1 is 0.680 bits per heavy atom. The maximum atomic E-state index is 5.79. The third kappa shape index (κ3) is 5.03. The van der Waals surface area contributed by atoms with E-state index >= 15 is 0 Å². The lowest BCUT2D eigenvalue weighted by atomic mass is 10.1. The Bertz CT molecular complexity index is 946. The minimum Gasteiger partial charge on any atom is -0.480 e. The summed E-state index contributed by atoms with van der Waals surface area (Å²) in [7, 11) is 0. The largest absolute Gasteiger partial charge is 0.480 e. The molecule has 0 fully saturated rings. The van der Waals surface area contributed by atoms with Crippen molar-refractivity contribution in [2.75, 3.05) is 6.61 Å². The average Bonchev–Trinajstić information content (AvgIpc) is 2.66. The topological polar surface area (TPSA) is 9.23 Å². The van der Waals surface area contributed by atoms with Gasteiger partial charge in [-0.25, -0.2) is 0 Å². The van der Waals surface area contributed by atoms with Gasteiger partial charge < -0.3 is 4.74 Å². The van der Waals surface area contributed by atoms with Crippen LogP contribution in [0.25, 0.3) is 0 Å². The van der Waals surface area contributed by atoms with E-state index in [0.717, 1.165) is 22.4 Å². The predicted octanol–water partition coefficient (Wildman–Crippen LogP) is 4.83. The van der Waals surface area contributed by atoms with Crippen LogP contribution >= 0.6 is 0 Å². The Morgan fingerprint density at radius 3 is 2.16 bits per heavy atom. The van der Waals surface area contributed by atoms with E-state index in [1.165, 1.54) is 5.56 Å². The molecule has 3 rings (SSSR count). The molecule has 3 aromatic carbocycles. The fourth-order valence-electron chi connectivity index (χ4n) is 2.25. The highest BCUT2D eigenvalue weighted by atomic mass is 16.5. The summed E-state index contributed by atoms with van der Waals surface area (Å²) in [4.78, 5) is 0. The van der Waals surface area contributed by atoms with Gasteiger partial charge >= 0.3 is 0 Å². The van der Waals surface area contributed by atoms with Gasteiger partial charge in [0.2, 0.25) is 0 Å². The van der Waals surface area contributed by atoms with Crippen LogP contribution < -0.4 is 4.74 Å². The quantitative estimate of drug-likeness (QED) is 0.614. The first-order valence-corrected chi connectivity index (χ1v) is 8.16. The molecule has 3 aromatic rings. The van der Waals surface area contributed by atoms with E-state index in [-0.39, 0.29) is 0 Å². The molecule has 0 heterocycles. The number of hydrogen-bond donors (Lipinski definition) is 0. The molecular formula is C24H18O. The fourth-order valence-corrected chi connectivity index (χ4v) is 2.25. The van der Waals surface area contributed by atoms with Crippen molar-refractivity contribution < 1.29 is 4.74 Å². The van der Waals surface area contributed by atoms with Gasteiger partial charge in [-0.05, 0) is 43.3 Å². The first-order valence-electron chi connectivity index (χ1n) is 8.16. The first-order chi connectivity index (χ1) is 12.3. The van der Waals surface area contributed by atoms with Gasteiger partial charge in [0.25, 0.3) is 0 Å². The molecular weight excluding hydrogens is 304 g/mol. The third-order valence-electron chi connectivity index (χ3n) is 3.59. The maximum absolute atomic E-state index is 5.79. The van der Waals surface area contributed by atoms with Gasteiger partial charge in [0.15, 0.2) is 0 Å². The zero-order chi connectivity index (χ0) is 17.3. The summed E-state index contributed by atoms with van der Waals surface area (Å²) < 4.78 is 5.79. The molecule has 0 unspecified atom stereocenters. The molecule has 0 aliphatic carbocycles. The summed E-state index contributed by atoms with van der Waals surface area (Å²) >= 11 is 0. The van der Waals surface area contributed by atoms with Gasteiger partial charge in [-0.2, -0.15) is 0 Å². The minimum atomic E-state index is 0.331. The third-order valence-corrected chi connectivity index (χ3v) is 3.59. The standard InChI is InChI=1S/C24H18O/c1-20-13-15-22(16-14-20)10-7-19-25-24-12-6-5-11-23(24)18-17-21-8-3-2-4-9-21/h2-6,8-9,11-16H,19H2,1H3. The highest BCUT2D eigenvalue weighted by Crippen LogP contribution is 2.16. The summed E-state index contributed by atoms with van der Waals surface area (Å²) in [5.74, 6) is 13.2. The van der Waals surface area contributed by atoms with E-state index in [1.807, 2.05) is 66.7 Å². The van der Waals surface area contributed by atoms with Crippen LogP contribution in [0.1, 0.15) is 22.3 Å². The van der Waals surface area contributed by atoms with Gasteiger partial charge in [0.05, 0.1) is 5.56 Å². The molecule has 0 aromatic heterocycles. The van der Waals surface area contributed by atoms with Crippen LogP contribution in [0.2, 0.25) is 0 Å². The number of ether oxygens (including phenoxy) is 1. The number of para-hydroxylation sites is 1. The van der Waals surface area contributed by atoms with Crippen molar-refractivity contribution in [3.05, 3.63) is 101 Å². The molecule has 25 heavy (non-hydrogen) atoms. The molecule has 0 saturated carbocycles. The smallest absolute Gasteiger partial charge is 0.149 e. The second-order valence-electron chi connectivity index (χ2n) is 5.57. The molecule has 0 bridgehead atoms. The summed E-state index contributed by atoms with van der Waals surface area (Å²) in [5, 5.41) is 0. The maximum Gasteiger partial charge on any atom is 0.149 e. The minimum absolute atomic E-state index is 0.331. The van der Waals surface area contributed by atoms with Crippen molar-refractivity contribution in [2.45, 2.75) is 6.92 Å². The molecule has 0 aliphatic rings. The van der Waals surface area contributed by atoms with Crippen molar-refractivity contribution in [3.63, 3.8) is 0 Å². The van der Waals surface area contributed by atoms with Gasteiger partial charge in [0.1, 0.15) is 12.4 Å². The zero-order valence-electron chi connectivity index (χ0n) is 14.1. The molecule has 1 heteroatoms. The lowest BCUT2D eigenvalue weighted by Gasteiger charge is -2.04. The Balaban J connectivity index is 1.68. The lowest BCUT2D eigenvalue weighted by Crippen LogP contribution is -1.96. The van der Waals surface area contributed by atoms with Crippen LogP contribution in [-0.4, -0.2) is 6.61 Å². The number of benzene rings is 3. The highest BCUT2D eigenvalue weighted by Gasteiger charge is 1.98. The van der Waals surface area contributed by atoms with Crippen LogP contribution in [0.5, 0.6) is 5.75 Å². The van der Waals surface area contributed by atoms with Crippen molar-refractivity contribution in [1.82, 2.24) is 0 Å². The number of rotatable bonds is 2. The van der Waals surface area contributed by atoms with Crippen LogP contribution in [0.3, 0.4) is 0 Å². The van der Waals surface area contributed by atoms with Crippen molar-refractivity contribution >= 4 is 0 Å². The molecule has 0 amide bonds. The van der Waals surface area contributed by atoms with Gasteiger partial charge in [-0.1, -0.05) is 71.7 Å². The van der Waals surface area contributed by atoms with Crippen LogP contribution in [0, 0.1) is 30.6 Å². The molecule has 0 N–H and O–H groups in total. The Labute approximate surface area is 149 Å². The van der Waals surface area contributed by atoms with Gasteiger partial charge in [-0.15, -0.1) is 0 Å². The van der Waals surface area contributed by atoms with Gasteiger partial charge in [-0.3, -0.25) is 0 Å². The Kier molecular flexibility index (Phi) is 5.55. The van der Waals surface area contributed by atoms with E-state index in [4.69, 9.17) is 4.74 Å². The van der Waals surface area contributed by atoms with E-state index in [0.29, 0.717) is 6.61 Å².